The Hall–Kier alpha value is -0.610. The molecule has 0 spiro atoms. The van der Waals surface area contributed by atoms with Gasteiger partial charge in [-0.05, 0) is 13.3 Å². The number of carbonyl (C=O) groups excluding carboxylic acids is 1. The van der Waals surface area contributed by atoms with E-state index in [4.69, 9.17) is 4.74 Å². The molecular formula is C24H51N2O2+. The predicted molar refractivity (Wildman–Crippen MR) is 121 cm³/mol. The number of quaternary nitrogens is 1. The molecule has 0 bridgehead atoms. The van der Waals surface area contributed by atoms with Crippen LogP contribution in [-0.2, 0) is 9.53 Å². The molecule has 28 heavy (non-hydrogen) atoms. The molecule has 0 fully saturated rings. The van der Waals surface area contributed by atoms with Gasteiger partial charge in [-0.2, -0.15) is 0 Å². The van der Waals surface area contributed by atoms with Crippen molar-refractivity contribution in [3.63, 3.8) is 0 Å². The Kier molecular flexibility index (Phi) is 19.3. The maximum Gasteiger partial charge on any atom is 0.224 e. The van der Waals surface area contributed by atoms with Crippen molar-refractivity contribution in [2.24, 2.45) is 0 Å². The third-order valence-electron chi connectivity index (χ3n) is 5.36. The summed E-state index contributed by atoms with van der Waals surface area (Å²) in [6, 6.07) is 0. The first-order valence-corrected chi connectivity index (χ1v) is 12.2. The lowest BCUT2D eigenvalue weighted by atomic mass is 10.0. The summed E-state index contributed by atoms with van der Waals surface area (Å²) < 4.78 is 6.11. The van der Waals surface area contributed by atoms with E-state index >= 15 is 0 Å². The lowest BCUT2D eigenvalue weighted by Gasteiger charge is -2.28. The maximum absolute atomic E-state index is 11.9. The number of amides is 1. The third kappa shape index (κ3) is 20.1. The Morgan fingerprint density at radius 1 is 0.714 bits per heavy atom. The van der Waals surface area contributed by atoms with Gasteiger partial charge in [0.1, 0.15) is 0 Å². The van der Waals surface area contributed by atoms with Gasteiger partial charge in [-0.25, -0.2) is 0 Å². The SMILES string of the molecule is CCCCCCCCCCCCCCCCCC(=O)NC[N+](C)(C)COCC. The lowest BCUT2D eigenvalue weighted by molar-refractivity contribution is -0.911. The maximum atomic E-state index is 11.9. The number of nitrogens with one attached hydrogen (secondary N) is 1. The molecule has 0 saturated carbocycles. The minimum absolute atomic E-state index is 0.178. The van der Waals surface area contributed by atoms with Gasteiger partial charge < -0.3 is 10.1 Å². The zero-order valence-corrected chi connectivity index (χ0v) is 19.7. The first-order valence-electron chi connectivity index (χ1n) is 12.2. The first-order chi connectivity index (χ1) is 13.5. The number of rotatable bonds is 21. The minimum Gasteiger partial charge on any atom is -0.332 e. The van der Waals surface area contributed by atoms with Gasteiger partial charge in [0.05, 0.1) is 14.1 Å². The molecule has 0 atom stereocenters. The van der Waals surface area contributed by atoms with Crippen molar-refractivity contribution >= 4 is 5.91 Å². The van der Waals surface area contributed by atoms with Crippen LogP contribution < -0.4 is 5.32 Å². The van der Waals surface area contributed by atoms with Crippen molar-refractivity contribution in [1.29, 1.82) is 0 Å². The van der Waals surface area contributed by atoms with Gasteiger partial charge in [-0.1, -0.05) is 96.8 Å². The molecule has 168 valence electrons. The van der Waals surface area contributed by atoms with Crippen molar-refractivity contribution in [2.75, 3.05) is 34.1 Å². The Morgan fingerprint density at radius 3 is 1.57 bits per heavy atom. The van der Waals surface area contributed by atoms with Crippen LogP contribution in [0.1, 0.15) is 117 Å². The second kappa shape index (κ2) is 19.7. The van der Waals surface area contributed by atoms with E-state index in [0.717, 1.165) is 13.0 Å². The highest BCUT2D eigenvalue weighted by atomic mass is 16.5. The van der Waals surface area contributed by atoms with Crippen LogP contribution in [0, 0.1) is 0 Å². The van der Waals surface area contributed by atoms with Crippen molar-refractivity contribution < 1.29 is 14.0 Å². The van der Waals surface area contributed by atoms with Gasteiger partial charge in [0.2, 0.25) is 5.91 Å². The van der Waals surface area contributed by atoms with E-state index in [1.807, 2.05) is 6.92 Å². The van der Waals surface area contributed by atoms with Crippen LogP contribution in [0.15, 0.2) is 0 Å². The Labute approximate surface area is 176 Å². The molecule has 0 unspecified atom stereocenters. The third-order valence-corrected chi connectivity index (χ3v) is 5.36. The monoisotopic (exact) mass is 399 g/mol. The van der Waals surface area contributed by atoms with Crippen LogP contribution in [0.2, 0.25) is 0 Å². The number of hydrogen-bond donors (Lipinski definition) is 1. The highest BCUT2D eigenvalue weighted by molar-refractivity contribution is 5.75. The number of ether oxygens (including phenoxy) is 1. The summed E-state index contributed by atoms with van der Waals surface area (Å²) in [4.78, 5) is 11.9. The van der Waals surface area contributed by atoms with Crippen LogP contribution in [0.25, 0.3) is 0 Å². The Morgan fingerprint density at radius 2 is 1.14 bits per heavy atom. The molecule has 4 nitrogen and oxygen atoms in total. The molecule has 0 aromatic heterocycles. The molecule has 0 aliphatic carbocycles. The molecule has 1 amide bonds. The largest absolute Gasteiger partial charge is 0.332 e. The Bertz CT molecular complexity index is 345. The van der Waals surface area contributed by atoms with Gasteiger partial charge in [0.15, 0.2) is 13.4 Å². The average molecular weight is 400 g/mol. The van der Waals surface area contributed by atoms with Gasteiger partial charge in [-0.15, -0.1) is 0 Å². The molecule has 0 saturated heterocycles. The van der Waals surface area contributed by atoms with Crippen molar-refractivity contribution in [2.45, 2.75) is 117 Å². The molecule has 1 N–H and O–H groups in total. The van der Waals surface area contributed by atoms with E-state index in [0.29, 0.717) is 24.3 Å². The fourth-order valence-corrected chi connectivity index (χ4v) is 3.43. The lowest BCUT2D eigenvalue weighted by Crippen LogP contribution is -2.49. The van der Waals surface area contributed by atoms with Crippen LogP contribution in [0.5, 0.6) is 0 Å². The summed E-state index contributed by atoms with van der Waals surface area (Å²) in [6.45, 7) is 6.26. The molecule has 0 aliphatic heterocycles. The van der Waals surface area contributed by atoms with Gasteiger partial charge >= 0.3 is 0 Å². The van der Waals surface area contributed by atoms with Crippen LogP contribution in [0.3, 0.4) is 0 Å². The highest BCUT2D eigenvalue weighted by Crippen LogP contribution is 2.13. The second-order valence-corrected chi connectivity index (χ2v) is 9.02. The number of hydrogen-bond acceptors (Lipinski definition) is 2. The molecule has 0 rings (SSSR count). The van der Waals surface area contributed by atoms with Crippen molar-refractivity contribution in [3.05, 3.63) is 0 Å². The summed E-state index contributed by atoms with van der Waals surface area (Å²) in [7, 11) is 4.15. The van der Waals surface area contributed by atoms with E-state index in [1.165, 1.54) is 89.9 Å². The summed E-state index contributed by atoms with van der Waals surface area (Å²) in [5.74, 6) is 0.178. The Balaban J connectivity index is 3.29. The first kappa shape index (κ1) is 27.4. The van der Waals surface area contributed by atoms with E-state index < -0.39 is 0 Å². The molecule has 0 aromatic rings. The van der Waals surface area contributed by atoms with Gasteiger partial charge in [0.25, 0.3) is 0 Å². The quantitative estimate of drug-likeness (QED) is 0.138. The predicted octanol–water partition coefficient (Wildman–Crippen LogP) is 6.39. The smallest absolute Gasteiger partial charge is 0.224 e. The van der Waals surface area contributed by atoms with Crippen molar-refractivity contribution in [1.82, 2.24) is 5.32 Å². The van der Waals surface area contributed by atoms with Crippen LogP contribution >= 0.6 is 0 Å². The summed E-state index contributed by atoms with van der Waals surface area (Å²) >= 11 is 0. The van der Waals surface area contributed by atoms with E-state index in [2.05, 4.69) is 26.3 Å². The summed E-state index contributed by atoms with van der Waals surface area (Å²) in [5.41, 5.74) is 0. The number of nitrogens with zero attached hydrogens (tertiary/aromatic N) is 1. The normalized spacial score (nSPS) is 11.7. The molecule has 0 aliphatic rings. The fraction of sp³-hybridized carbons (Fsp3) is 0.958. The van der Waals surface area contributed by atoms with Crippen molar-refractivity contribution in [3.8, 4) is 0 Å². The van der Waals surface area contributed by atoms with Gasteiger partial charge in [0, 0.05) is 13.0 Å². The van der Waals surface area contributed by atoms with Crippen LogP contribution in [-0.4, -0.2) is 44.5 Å². The number of carbonyl (C=O) groups is 1. The topological polar surface area (TPSA) is 38.3 Å². The molecule has 0 heterocycles. The molecule has 0 aromatic carbocycles. The van der Waals surface area contributed by atoms with E-state index in [-0.39, 0.29) is 5.91 Å². The minimum atomic E-state index is 0.178. The number of unbranched alkanes of at least 4 members (excludes halogenated alkanes) is 14. The summed E-state index contributed by atoms with van der Waals surface area (Å²) in [5, 5.41) is 3.03. The summed E-state index contributed by atoms with van der Waals surface area (Å²) in [6.07, 6.45) is 21.0. The average Bonchev–Trinajstić information content (AvgIpc) is 2.68. The van der Waals surface area contributed by atoms with E-state index in [9.17, 15) is 4.79 Å². The van der Waals surface area contributed by atoms with Gasteiger partial charge in [-0.3, -0.25) is 9.28 Å². The fourth-order valence-electron chi connectivity index (χ4n) is 3.43. The van der Waals surface area contributed by atoms with Crippen LogP contribution in [0.4, 0.5) is 0 Å². The standard InChI is InChI=1S/C24H50N2O2/c1-5-7-8-9-10-11-12-13-14-15-16-17-18-19-20-21-24(27)25-22-26(3,4)23-28-6-2/h5-23H2,1-4H3/p+1. The van der Waals surface area contributed by atoms with E-state index in [1.54, 1.807) is 0 Å². The highest BCUT2D eigenvalue weighted by Gasteiger charge is 2.15. The zero-order valence-electron chi connectivity index (χ0n) is 19.7. The molecule has 4 heteroatoms. The molecule has 0 radical (unpaired) electrons. The second-order valence-electron chi connectivity index (χ2n) is 9.02. The zero-order chi connectivity index (χ0) is 20.9. The molecular weight excluding hydrogens is 348 g/mol.